The second-order valence-corrected chi connectivity index (χ2v) is 11.4. The Hall–Kier alpha value is -3.38. The van der Waals surface area contributed by atoms with Crippen LogP contribution >= 0.6 is 0 Å². The number of hydrogen-bond acceptors (Lipinski definition) is 8. The molecule has 0 unspecified atom stereocenters. The number of nitrogens with one attached hydrogen (secondary N) is 5. The van der Waals surface area contributed by atoms with Crippen LogP contribution in [0.2, 0.25) is 0 Å². The first-order chi connectivity index (χ1) is 18.1. The quantitative estimate of drug-likeness (QED) is 0.213. The van der Waals surface area contributed by atoms with E-state index in [0.717, 1.165) is 5.56 Å². The molecule has 0 spiro atoms. The van der Waals surface area contributed by atoms with Gasteiger partial charge in [-0.3, -0.25) is 14.9 Å². The fourth-order valence-electron chi connectivity index (χ4n) is 3.63. The normalized spacial score (nSPS) is 14.0. The smallest absolute Gasteiger partial charge is 0.407 e. The summed E-state index contributed by atoms with van der Waals surface area (Å²) in [6, 6.07) is 7.65. The third-order valence-electron chi connectivity index (χ3n) is 5.89. The fourth-order valence-corrected chi connectivity index (χ4v) is 3.63. The SMILES string of the molecule is COC(=O)N[C@H](C(=O)NC(NC[C@@H](O)CCc1ccccc1)NC(=O)[C@@H](NC(=O)OC)C(C)(C)C)C(C)(C)C. The van der Waals surface area contributed by atoms with E-state index in [1.807, 2.05) is 30.3 Å². The molecule has 0 saturated heterocycles. The van der Waals surface area contributed by atoms with Gasteiger partial charge in [-0.05, 0) is 29.2 Å². The summed E-state index contributed by atoms with van der Waals surface area (Å²) in [5.74, 6) is -1.20. The second-order valence-electron chi connectivity index (χ2n) is 11.4. The number of carbonyl (C=O) groups is 4. The molecule has 0 saturated carbocycles. The summed E-state index contributed by atoms with van der Waals surface area (Å²) in [5, 5.41) is 23.9. The van der Waals surface area contributed by atoms with Crippen LogP contribution in [0.25, 0.3) is 0 Å². The highest BCUT2D eigenvalue weighted by Crippen LogP contribution is 2.21. The van der Waals surface area contributed by atoms with E-state index in [-0.39, 0.29) is 6.54 Å². The Bertz CT molecular complexity index is 894. The van der Waals surface area contributed by atoms with E-state index in [2.05, 4.69) is 36.1 Å². The van der Waals surface area contributed by atoms with E-state index in [1.165, 1.54) is 14.2 Å². The van der Waals surface area contributed by atoms with Crippen molar-refractivity contribution in [2.75, 3.05) is 20.8 Å². The Labute approximate surface area is 231 Å². The van der Waals surface area contributed by atoms with E-state index >= 15 is 0 Å². The molecule has 0 heterocycles. The van der Waals surface area contributed by atoms with E-state index < -0.39 is 59.3 Å². The maximum Gasteiger partial charge on any atom is 0.407 e. The summed E-state index contributed by atoms with van der Waals surface area (Å²) in [6.45, 7) is 10.6. The number of rotatable bonds is 12. The highest BCUT2D eigenvalue weighted by atomic mass is 16.5. The number of alkyl carbamates (subject to hydrolysis) is 2. The van der Waals surface area contributed by atoms with Crippen molar-refractivity contribution < 1.29 is 33.8 Å². The number of aliphatic hydroxyl groups is 1. The molecule has 3 atom stereocenters. The molecule has 0 aliphatic heterocycles. The molecular weight excluding hydrogens is 506 g/mol. The lowest BCUT2D eigenvalue weighted by atomic mass is 9.86. The summed E-state index contributed by atoms with van der Waals surface area (Å²) in [5.41, 5.74) is -0.344. The van der Waals surface area contributed by atoms with Crippen LogP contribution in [-0.4, -0.2) is 74.3 Å². The van der Waals surface area contributed by atoms with Crippen molar-refractivity contribution in [1.29, 1.82) is 0 Å². The van der Waals surface area contributed by atoms with Crippen LogP contribution in [0.1, 0.15) is 53.5 Å². The zero-order valence-electron chi connectivity index (χ0n) is 24.2. The van der Waals surface area contributed by atoms with Crippen molar-refractivity contribution in [3.63, 3.8) is 0 Å². The van der Waals surface area contributed by atoms with Gasteiger partial charge in [-0.25, -0.2) is 9.59 Å². The van der Waals surface area contributed by atoms with E-state index in [9.17, 15) is 24.3 Å². The van der Waals surface area contributed by atoms with E-state index in [1.54, 1.807) is 41.5 Å². The zero-order valence-corrected chi connectivity index (χ0v) is 24.2. The van der Waals surface area contributed by atoms with Crippen LogP contribution in [0.15, 0.2) is 30.3 Å². The molecule has 0 aliphatic carbocycles. The summed E-state index contributed by atoms with van der Waals surface area (Å²) in [6.07, 6.45) is -2.44. The minimum absolute atomic E-state index is 0.0350. The summed E-state index contributed by atoms with van der Waals surface area (Å²) in [7, 11) is 2.38. The van der Waals surface area contributed by atoms with Crippen LogP contribution in [0, 0.1) is 10.8 Å². The van der Waals surface area contributed by atoms with Gasteiger partial charge < -0.3 is 35.8 Å². The van der Waals surface area contributed by atoms with E-state index in [0.29, 0.717) is 12.8 Å². The first kappa shape index (κ1) is 33.6. The molecule has 220 valence electrons. The maximum absolute atomic E-state index is 13.3. The Morgan fingerprint density at radius 1 is 0.769 bits per heavy atom. The molecule has 6 N–H and O–H groups in total. The van der Waals surface area contributed by atoms with Crippen molar-refractivity contribution in [3.8, 4) is 0 Å². The molecule has 0 aromatic heterocycles. The third kappa shape index (κ3) is 12.3. The lowest BCUT2D eigenvalue weighted by Crippen LogP contribution is -2.65. The van der Waals surface area contributed by atoms with Crippen molar-refractivity contribution in [3.05, 3.63) is 35.9 Å². The summed E-state index contributed by atoms with van der Waals surface area (Å²) < 4.78 is 9.31. The Morgan fingerprint density at radius 2 is 1.21 bits per heavy atom. The van der Waals surface area contributed by atoms with Gasteiger partial charge in [0.05, 0.1) is 20.3 Å². The van der Waals surface area contributed by atoms with Gasteiger partial charge in [0.15, 0.2) is 6.29 Å². The van der Waals surface area contributed by atoms with Crippen LogP contribution < -0.4 is 26.6 Å². The molecule has 1 aromatic carbocycles. The van der Waals surface area contributed by atoms with Gasteiger partial charge in [0.2, 0.25) is 11.8 Å². The Balaban J connectivity index is 3.07. The molecule has 1 aromatic rings. The average molecular weight is 552 g/mol. The van der Waals surface area contributed by atoms with Crippen LogP contribution in [-0.2, 0) is 25.5 Å². The number of methoxy groups -OCH3 is 2. The van der Waals surface area contributed by atoms with Gasteiger partial charge in [0.25, 0.3) is 0 Å². The van der Waals surface area contributed by atoms with Crippen molar-refractivity contribution in [2.24, 2.45) is 10.8 Å². The van der Waals surface area contributed by atoms with E-state index in [4.69, 9.17) is 0 Å². The highest BCUT2D eigenvalue weighted by Gasteiger charge is 2.37. The third-order valence-corrected chi connectivity index (χ3v) is 5.89. The summed E-state index contributed by atoms with van der Waals surface area (Å²) in [4.78, 5) is 50.3. The topological polar surface area (TPSA) is 167 Å². The molecule has 12 heteroatoms. The molecule has 12 nitrogen and oxygen atoms in total. The molecule has 39 heavy (non-hydrogen) atoms. The number of aryl methyl sites for hydroxylation is 1. The minimum Gasteiger partial charge on any atom is -0.453 e. The molecule has 4 amide bonds. The predicted octanol–water partition coefficient (Wildman–Crippen LogP) is 1.63. The van der Waals surface area contributed by atoms with Gasteiger partial charge in [0, 0.05) is 6.54 Å². The van der Waals surface area contributed by atoms with Gasteiger partial charge >= 0.3 is 12.2 Å². The van der Waals surface area contributed by atoms with Gasteiger partial charge in [-0.15, -0.1) is 0 Å². The van der Waals surface area contributed by atoms with Gasteiger partial charge in [0.1, 0.15) is 12.1 Å². The standard InChI is InChI=1S/C27H45N5O7/c1-26(2,3)19(29-24(36)38-7)21(34)31-23(28-16-18(33)15-14-17-12-10-9-11-13-17)32-22(35)20(27(4,5)6)30-25(37)39-8/h9-13,18-20,23,28,33H,14-16H2,1-8H3,(H,29,36)(H,30,37)(H,31,34)(H,32,35)/t18-,19+,20+/m0/s1. The predicted molar refractivity (Wildman–Crippen MR) is 146 cm³/mol. The van der Waals surface area contributed by atoms with Gasteiger partial charge in [-0.2, -0.15) is 0 Å². The number of hydrogen-bond donors (Lipinski definition) is 6. The lowest BCUT2D eigenvalue weighted by molar-refractivity contribution is -0.129. The first-order valence-corrected chi connectivity index (χ1v) is 12.8. The molecule has 0 aliphatic rings. The van der Waals surface area contributed by atoms with Gasteiger partial charge in [-0.1, -0.05) is 71.9 Å². The molecule has 1 rings (SSSR count). The molecule has 0 fully saturated rings. The zero-order chi connectivity index (χ0) is 29.8. The van der Waals surface area contributed by atoms with Crippen LogP contribution in [0.4, 0.5) is 9.59 Å². The average Bonchev–Trinajstić information content (AvgIpc) is 2.86. The molecule has 0 bridgehead atoms. The van der Waals surface area contributed by atoms with Crippen molar-refractivity contribution in [1.82, 2.24) is 26.6 Å². The Kier molecular flexibility index (Phi) is 13.2. The maximum atomic E-state index is 13.3. The monoisotopic (exact) mass is 551 g/mol. The van der Waals surface area contributed by atoms with Crippen molar-refractivity contribution in [2.45, 2.75) is 78.9 Å². The first-order valence-electron chi connectivity index (χ1n) is 12.8. The fraction of sp³-hybridized carbons (Fsp3) is 0.630. The summed E-state index contributed by atoms with van der Waals surface area (Å²) >= 11 is 0. The molecular formula is C27H45N5O7. The Morgan fingerprint density at radius 3 is 1.59 bits per heavy atom. The highest BCUT2D eigenvalue weighted by molar-refractivity contribution is 5.89. The van der Waals surface area contributed by atoms with Crippen molar-refractivity contribution >= 4 is 24.0 Å². The number of aliphatic hydroxyl groups excluding tert-OH is 1. The largest absolute Gasteiger partial charge is 0.453 e. The minimum atomic E-state index is -1.15. The number of carbonyl (C=O) groups excluding carboxylic acids is 4. The van der Waals surface area contributed by atoms with Crippen LogP contribution in [0.3, 0.4) is 0 Å². The molecule has 0 radical (unpaired) electrons. The lowest BCUT2D eigenvalue weighted by Gasteiger charge is -2.34. The second kappa shape index (κ2) is 15.3. The van der Waals surface area contributed by atoms with Crippen LogP contribution in [0.5, 0.6) is 0 Å². The number of amides is 4. The number of benzene rings is 1. The number of ether oxygens (including phenoxy) is 2.